The van der Waals surface area contributed by atoms with Crippen LogP contribution in [0.15, 0.2) is 40.9 Å². The highest BCUT2D eigenvalue weighted by atomic mass is 32.2. The molecule has 0 bridgehead atoms. The number of nitriles is 1. The summed E-state index contributed by atoms with van der Waals surface area (Å²) in [5.74, 6) is -1.61. The Morgan fingerprint density at radius 2 is 1.83 bits per heavy atom. The average Bonchev–Trinajstić information content (AvgIpc) is 2.67. The predicted octanol–water partition coefficient (Wildman–Crippen LogP) is 2.41. The molecule has 0 saturated heterocycles. The number of primary amides is 1. The van der Waals surface area contributed by atoms with Gasteiger partial charge in [0.1, 0.15) is 5.84 Å². The number of rotatable bonds is 6. The lowest BCUT2D eigenvalue weighted by atomic mass is 9.85. The molecular weight excluding hydrogens is 423 g/mol. The maximum atomic E-state index is 12.6. The molecule has 1 amide bonds. The third kappa shape index (κ3) is 5.29. The van der Waals surface area contributed by atoms with Crippen molar-refractivity contribution < 1.29 is 26.4 Å². The van der Waals surface area contributed by atoms with Gasteiger partial charge in [0, 0.05) is 17.9 Å². The van der Waals surface area contributed by atoms with Crippen LogP contribution >= 0.6 is 0 Å². The number of halogens is 3. The van der Waals surface area contributed by atoms with Gasteiger partial charge in [0.15, 0.2) is 0 Å². The first kappa shape index (κ1) is 23.2. The molecule has 5 N–H and O–H groups in total. The third-order valence-electron chi connectivity index (χ3n) is 4.65. The van der Waals surface area contributed by atoms with Crippen LogP contribution in [-0.4, -0.2) is 31.7 Å². The Balaban J connectivity index is 2.13. The van der Waals surface area contributed by atoms with E-state index in [1.807, 2.05) is 0 Å². The molecule has 1 aromatic carbocycles. The van der Waals surface area contributed by atoms with E-state index in [4.69, 9.17) is 11.1 Å². The van der Waals surface area contributed by atoms with Crippen LogP contribution in [0.5, 0.6) is 0 Å². The maximum absolute atomic E-state index is 12.6. The number of alkyl halides is 3. The van der Waals surface area contributed by atoms with Gasteiger partial charge in [0.05, 0.1) is 22.5 Å². The molecule has 0 aliphatic heterocycles. The van der Waals surface area contributed by atoms with Gasteiger partial charge in [0.2, 0.25) is 0 Å². The molecule has 12 heteroatoms. The van der Waals surface area contributed by atoms with Crippen LogP contribution in [0.25, 0.3) is 0 Å². The zero-order valence-corrected chi connectivity index (χ0v) is 16.5. The first-order chi connectivity index (χ1) is 14.0. The number of hydrogen-bond acceptors (Lipinski definition) is 6. The van der Waals surface area contributed by atoms with Gasteiger partial charge in [-0.1, -0.05) is 12.8 Å². The number of nitrogens with two attached hydrogens (primary N) is 1. The molecule has 1 aliphatic carbocycles. The Morgan fingerprint density at radius 3 is 2.37 bits per heavy atom. The smallest absolute Gasteiger partial charge is 0.386 e. The van der Waals surface area contributed by atoms with E-state index in [9.17, 15) is 31.6 Å². The van der Waals surface area contributed by atoms with Crippen molar-refractivity contribution in [3.05, 3.63) is 36.0 Å². The molecule has 1 fully saturated rings. The van der Waals surface area contributed by atoms with Crippen LogP contribution in [0.4, 0.5) is 18.9 Å². The van der Waals surface area contributed by atoms with E-state index in [-0.39, 0.29) is 23.2 Å². The Morgan fingerprint density at radius 1 is 1.23 bits per heavy atom. The van der Waals surface area contributed by atoms with E-state index in [1.54, 1.807) is 0 Å². The molecule has 2 rings (SSSR count). The van der Waals surface area contributed by atoms with Crippen LogP contribution < -0.4 is 16.4 Å². The van der Waals surface area contributed by atoms with Crippen molar-refractivity contribution in [2.24, 2.45) is 11.7 Å². The van der Waals surface area contributed by atoms with Gasteiger partial charge in [-0.15, -0.1) is 0 Å². The van der Waals surface area contributed by atoms with E-state index in [0.29, 0.717) is 0 Å². The zero-order chi connectivity index (χ0) is 22.5. The molecule has 1 saturated carbocycles. The molecule has 0 spiro atoms. The van der Waals surface area contributed by atoms with Crippen molar-refractivity contribution in [3.8, 4) is 6.07 Å². The predicted molar refractivity (Wildman–Crippen MR) is 103 cm³/mol. The SMILES string of the molecule is N#CC1CCCC[C@@H]1N/C=C(\C(=N)Nc1ccc(S(=O)(=O)C(F)(F)F)cc1)C(N)=O. The second-order valence-corrected chi connectivity index (χ2v) is 8.63. The lowest BCUT2D eigenvalue weighted by molar-refractivity contribution is -0.114. The number of nitrogens with zero attached hydrogens (tertiary/aromatic N) is 1. The fourth-order valence-electron chi connectivity index (χ4n) is 3.00. The van der Waals surface area contributed by atoms with Crippen molar-refractivity contribution in [3.63, 3.8) is 0 Å². The minimum Gasteiger partial charge on any atom is -0.386 e. The highest BCUT2D eigenvalue weighted by Gasteiger charge is 2.46. The summed E-state index contributed by atoms with van der Waals surface area (Å²) in [6.45, 7) is 0. The summed E-state index contributed by atoms with van der Waals surface area (Å²) in [6.07, 6.45) is 4.52. The number of sulfone groups is 1. The summed E-state index contributed by atoms with van der Waals surface area (Å²) >= 11 is 0. The number of benzene rings is 1. The summed E-state index contributed by atoms with van der Waals surface area (Å²) in [6, 6.07) is 5.55. The summed E-state index contributed by atoms with van der Waals surface area (Å²) in [7, 11) is -5.48. The first-order valence-corrected chi connectivity index (χ1v) is 10.4. The van der Waals surface area contributed by atoms with Crippen molar-refractivity contribution in [2.45, 2.75) is 42.1 Å². The topological polar surface area (TPSA) is 149 Å². The summed E-state index contributed by atoms with van der Waals surface area (Å²) in [4.78, 5) is 10.8. The number of nitrogens with one attached hydrogen (secondary N) is 3. The number of carbonyl (C=O) groups is 1. The largest absolute Gasteiger partial charge is 0.501 e. The van der Waals surface area contributed by atoms with E-state index in [2.05, 4.69) is 16.7 Å². The Hall–Kier alpha value is -3.07. The van der Waals surface area contributed by atoms with Gasteiger partial charge in [-0.2, -0.15) is 18.4 Å². The summed E-state index contributed by atoms with van der Waals surface area (Å²) < 4.78 is 60.5. The molecule has 8 nitrogen and oxygen atoms in total. The molecular formula is C18H20F3N5O3S. The van der Waals surface area contributed by atoms with Crippen LogP contribution in [0, 0.1) is 22.7 Å². The minimum atomic E-state index is -5.48. The van der Waals surface area contributed by atoms with E-state index in [0.717, 1.165) is 49.9 Å². The number of amides is 1. The monoisotopic (exact) mass is 443 g/mol. The van der Waals surface area contributed by atoms with Crippen molar-refractivity contribution >= 4 is 27.3 Å². The van der Waals surface area contributed by atoms with Crippen molar-refractivity contribution in [1.82, 2.24) is 5.32 Å². The zero-order valence-electron chi connectivity index (χ0n) is 15.7. The Bertz CT molecular complexity index is 982. The molecule has 0 heterocycles. The minimum absolute atomic E-state index is 0.0841. The van der Waals surface area contributed by atoms with Gasteiger partial charge in [-0.05, 0) is 37.1 Å². The van der Waals surface area contributed by atoms with Crippen molar-refractivity contribution in [2.75, 3.05) is 5.32 Å². The van der Waals surface area contributed by atoms with Gasteiger partial charge >= 0.3 is 5.51 Å². The standard InChI is InChI=1S/C18H20F3N5O3S/c19-18(20,21)30(28,29)13-7-5-12(6-8-13)26-16(23)14(17(24)27)10-25-15-4-2-1-3-11(15)9-22/h5-8,10-11,15,25H,1-4H2,(H2,23,26)(H2,24,27)/b14-10+/t11?,15-/m0/s1. The van der Waals surface area contributed by atoms with Crippen LogP contribution in [0.2, 0.25) is 0 Å². The highest BCUT2D eigenvalue weighted by molar-refractivity contribution is 7.92. The summed E-state index contributed by atoms with van der Waals surface area (Å²) in [5.41, 5.74) is -0.270. The van der Waals surface area contributed by atoms with Crippen LogP contribution in [-0.2, 0) is 14.6 Å². The summed E-state index contributed by atoms with van der Waals surface area (Å²) in [5, 5.41) is 22.7. The lowest BCUT2D eigenvalue weighted by Gasteiger charge is -2.27. The van der Waals surface area contributed by atoms with E-state index >= 15 is 0 Å². The molecule has 0 radical (unpaired) electrons. The highest BCUT2D eigenvalue weighted by Crippen LogP contribution is 2.30. The maximum Gasteiger partial charge on any atom is 0.501 e. The first-order valence-electron chi connectivity index (χ1n) is 8.90. The quantitative estimate of drug-likeness (QED) is 0.301. The number of amidine groups is 1. The number of carbonyl (C=O) groups excluding carboxylic acids is 1. The van der Waals surface area contributed by atoms with Crippen LogP contribution in [0.3, 0.4) is 0 Å². The third-order valence-corrected chi connectivity index (χ3v) is 6.15. The second kappa shape index (κ2) is 9.17. The molecule has 1 aromatic rings. The lowest BCUT2D eigenvalue weighted by Crippen LogP contribution is -2.36. The Kier molecular flexibility index (Phi) is 7.09. The fraction of sp³-hybridized carbons (Fsp3) is 0.389. The van der Waals surface area contributed by atoms with Gasteiger partial charge in [-0.3, -0.25) is 10.2 Å². The molecule has 1 unspecified atom stereocenters. The molecule has 30 heavy (non-hydrogen) atoms. The van der Waals surface area contributed by atoms with E-state index < -0.39 is 32.0 Å². The van der Waals surface area contributed by atoms with Gasteiger partial charge in [0.25, 0.3) is 15.7 Å². The normalized spacial score (nSPS) is 20.1. The molecule has 0 aromatic heterocycles. The molecule has 1 aliphatic rings. The van der Waals surface area contributed by atoms with Gasteiger partial charge < -0.3 is 16.4 Å². The molecule has 162 valence electrons. The average molecular weight is 443 g/mol. The van der Waals surface area contributed by atoms with Crippen LogP contribution in [0.1, 0.15) is 25.7 Å². The number of hydrogen-bond donors (Lipinski definition) is 4. The van der Waals surface area contributed by atoms with Crippen molar-refractivity contribution in [1.29, 1.82) is 10.7 Å². The fourth-order valence-corrected chi connectivity index (χ4v) is 3.77. The molecule has 2 atom stereocenters. The van der Waals surface area contributed by atoms with E-state index in [1.165, 1.54) is 6.20 Å². The Labute approximate surface area is 171 Å². The van der Waals surface area contributed by atoms with Gasteiger partial charge in [-0.25, -0.2) is 8.42 Å². The second-order valence-electron chi connectivity index (χ2n) is 6.69. The number of anilines is 1.